The molecule has 0 radical (unpaired) electrons. The zero-order valence-electron chi connectivity index (χ0n) is 14.2. The molecular weight excluding hydrogens is 332 g/mol. The first-order valence-electron chi connectivity index (χ1n) is 8.11. The molecule has 0 saturated carbocycles. The van der Waals surface area contributed by atoms with E-state index in [1.54, 1.807) is 35.1 Å². The standard InChI is InChI=1S/C19H18N4O3/c1-2-26-17-10-8-14(9-11-17)18(24)21-22-19(25)15-12-20-23(13-15)16-6-4-3-5-7-16/h3-13H,2H2,1H3,(H,21,24)(H,22,25). The van der Waals surface area contributed by atoms with Gasteiger partial charge in [0.25, 0.3) is 11.8 Å². The molecule has 0 aliphatic heterocycles. The lowest BCUT2D eigenvalue weighted by Crippen LogP contribution is -2.41. The third-order valence-corrected chi connectivity index (χ3v) is 3.58. The Morgan fingerprint density at radius 1 is 0.962 bits per heavy atom. The van der Waals surface area contributed by atoms with Crippen molar-refractivity contribution in [1.29, 1.82) is 0 Å². The summed E-state index contributed by atoms with van der Waals surface area (Å²) in [5.41, 5.74) is 6.34. The number of carbonyl (C=O) groups excluding carboxylic acids is 2. The molecule has 0 spiro atoms. The van der Waals surface area contributed by atoms with Crippen LogP contribution in [0, 0.1) is 0 Å². The number of rotatable bonds is 5. The Morgan fingerprint density at radius 3 is 2.27 bits per heavy atom. The number of nitrogens with zero attached hydrogens (tertiary/aromatic N) is 2. The molecule has 0 aliphatic carbocycles. The predicted octanol–water partition coefficient (Wildman–Crippen LogP) is 2.35. The van der Waals surface area contributed by atoms with Gasteiger partial charge in [-0.3, -0.25) is 20.4 Å². The molecule has 1 aromatic heterocycles. The van der Waals surface area contributed by atoms with Crippen molar-refractivity contribution >= 4 is 11.8 Å². The third-order valence-electron chi connectivity index (χ3n) is 3.58. The highest BCUT2D eigenvalue weighted by atomic mass is 16.5. The molecule has 2 N–H and O–H groups in total. The Bertz CT molecular complexity index is 889. The van der Waals surface area contributed by atoms with Crippen molar-refractivity contribution in [2.75, 3.05) is 6.61 Å². The number of ether oxygens (including phenoxy) is 1. The normalized spacial score (nSPS) is 10.2. The Hall–Kier alpha value is -3.61. The summed E-state index contributed by atoms with van der Waals surface area (Å²) in [5.74, 6) is -0.190. The van der Waals surface area contributed by atoms with Crippen LogP contribution in [0.5, 0.6) is 5.75 Å². The van der Waals surface area contributed by atoms with Crippen LogP contribution in [0.3, 0.4) is 0 Å². The molecule has 3 aromatic rings. The fraction of sp³-hybridized carbons (Fsp3) is 0.105. The van der Waals surface area contributed by atoms with Crippen LogP contribution in [0.1, 0.15) is 27.6 Å². The minimum Gasteiger partial charge on any atom is -0.494 e. The van der Waals surface area contributed by atoms with E-state index in [1.165, 1.54) is 6.20 Å². The largest absolute Gasteiger partial charge is 0.494 e. The van der Waals surface area contributed by atoms with Crippen molar-refractivity contribution in [1.82, 2.24) is 20.6 Å². The number of nitrogens with one attached hydrogen (secondary N) is 2. The van der Waals surface area contributed by atoms with E-state index in [9.17, 15) is 9.59 Å². The van der Waals surface area contributed by atoms with Gasteiger partial charge in [-0.1, -0.05) is 18.2 Å². The molecule has 3 rings (SSSR count). The van der Waals surface area contributed by atoms with E-state index in [4.69, 9.17) is 4.74 Å². The third kappa shape index (κ3) is 4.07. The molecule has 26 heavy (non-hydrogen) atoms. The molecule has 2 amide bonds. The van der Waals surface area contributed by atoms with E-state index in [0.717, 1.165) is 5.69 Å². The van der Waals surface area contributed by atoms with Crippen LogP contribution in [0.25, 0.3) is 5.69 Å². The first-order chi connectivity index (χ1) is 12.7. The second-order valence-corrected chi connectivity index (χ2v) is 5.37. The van der Waals surface area contributed by atoms with Crippen molar-refractivity contribution in [2.45, 2.75) is 6.92 Å². The highest BCUT2D eigenvalue weighted by molar-refractivity contribution is 5.98. The van der Waals surface area contributed by atoms with Gasteiger partial charge in [0.15, 0.2) is 0 Å². The number of hydrogen-bond acceptors (Lipinski definition) is 4. The van der Waals surface area contributed by atoms with E-state index in [2.05, 4.69) is 16.0 Å². The average Bonchev–Trinajstić information content (AvgIpc) is 3.18. The second kappa shape index (κ2) is 7.98. The number of hydrogen-bond donors (Lipinski definition) is 2. The van der Waals surface area contributed by atoms with Crippen molar-refractivity contribution < 1.29 is 14.3 Å². The second-order valence-electron chi connectivity index (χ2n) is 5.37. The minimum atomic E-state index is -0.452. The van der Waals surface area contributed by atoms with E-state index < -0.39 is 11.8 Å². The average molecular weight is 350 g/mol. The van der Waals surface area contributed by atoms with Crippen molar-refractivity contribution in [3.05, 3.63) is 78.1 Å². The zero-order valence-corrected chi connectivity index (χ0v) is 14.2. The van der Waals surface area contributed by atoms with Gasteiger partial charge in [0.1, 0.15) is 5.75 Å². The molecule has 2 aromatic carbocycles. The monoisotopic (exact) mass is 350 g/mol. The molecule has 0 fully saturated rings. The summed E-state index contributed by atoms with van der Waals surface area (Å²) in [7, 11) is 0. The maximum Gasteiger partial charge on any atom is 0.272 e. The van der Waals surface area contributed by atoms with Gasteiger partial charge in [-0.05, 0) is 43.3 Å². The van der Waals surface area contributed by atoms with Gasteiger partial charge < -0.3 is 4.74 Å². The first-order valence-corrected chi connectivity index (χ1v) is 8.11. The molecule has 7 nitrogen and oxygen atoms in total. The fourth-order valence-corrected chi connectivity index (χ4v) is 2.29. The molecule has 0 unspecified atom stereocenters. The number of amides is 2. The fourth-order valence-electron chi connectivity index (χ4n) is 2.29. The molecule has 0 atom stereocenters. The first kappa shape index (κ1) is 17.2. The van der Waals surface area contributed by atoms with Gasteiger partial charge >= 0.3 is 0 Å². The molecule has 7 heteroatoms. The molecule has 0 saturated heterocycles. The van der Waals surface area contributed by atoms with Gasteiger partial charge in [0, 0.05) is 11.8 Å². The van der Waals surface area contributed by atoms with Gasteiger partial charge in [0.2, 0.25) is 0 Å². The summed E-state index contributed by atoms with van der Waals surface area (Å²) in [4.78, 5) is 24.3. The highest BCUT2D eigenvalue weighted by Crippen LogP contribution is 2.12. The topological polar surface area (TPSA) is 85.2 Å². The lowest BCUT2D eigenvalue weighted by atomic mass is 10.2. The Balaban J connectivity index is 1.58. The molecule has 0 aliphatic rings. The number of aromatic nitrogens is 2. The van der Waals surface area contributed by atoms with Crippen LogP contribution >= 0.6 is 0 Å². The quantitative estimate of drug-likeness (QED) is 0.692. The Morgan fingerprint density at radius 2 is 1.62 bits per heavy atom. The summed E-state index contributed by atoms with van der Waals surface area (Å²) in [6.45, 7) is 2.44. The lowest BCUT2D eigenvalue weighted by molar-refractivity contribution is 0.0846. The summed E-state index contributed by atoms with van der Waals surface area (Å²) >= 11 is 0. The van der Waals surface area contributed by atoms with Crippen LogP contribution in [0.4, 0.5) is 0 Å². The van der Waals surface area contributed by atoms with Crippen molar-refractivity contribution in [3.63, 3.8) is 0 Å². The van der Waals surface area contributed by atoms with Crippen LogP contribution in [-0.2, 0) is 0 Å². The smallest absolute Gasteiger partial charge is 0.272 e. The maximum atomic E-state index is 12.2. The van der Waals surface area contributed by atoms with E-state index >= 15 is 0 Å². The number of para-hydroxylation sites is 1. The van der Waals surface area contributed by atoms with E-state index in [-0.39, 0.29) is 0 Å². The van der Waals surface area contributed by atoms with E-state index in [1.807, 2.05) is 37.3 Å². The van der Waals surface area contributed by atoms with Crippen molar-refractivity contribution in [3.8, 4) is 11.4 Å². The predicted molar refractivity (Wildman–Crippen MR) is 96.1 cm³/mol. The molecular formula is C19H18N4O3. The van der Waals surface area contributed by atoms with Gasteiger partial charge in [-0.2, -0.15) is 5.10 Å². The Labute approximate surface area is 150 Å². The maximum absolute atomic E-state index is 12.2. The lowest BCUT2D eigenvalue weighted by Gasteiger charge is -2.07. The molecule has 132 valence electrons. The number of hydrazine groups is 1. The number of carbonyl (C=O) groups is 2. The van der Waals surface area contributed by atoms with Crippen LogP contribution in [-0.4, -0.2) is 28.2 Å². The summed E-state index contributed by atoms with van der Waals surface area (Å²) < 4.78 is 6.91. The highest BCUT2D eigenvalue weighted by Gasteiger charge is 2.11. The van der Waals surface area contributed by atoms with Gasteiger partial charge in [-0.25, -0.2) is 4.68 Å². The van der Waals surface area contributed by atoms with E-state index in [0.29, 0.717) is 23.5 Å². The summed E-state index contributed by atoms with van der Waals surface area (Å²) in [6.07, 6.45) is 3.03. The van der Waals surface area contributed by atoms with Gasteiger partial charge in [-0.15, -0.1) is 0 Å². The Kier molecular flexibility index (Phi) is 5.28. The SMILES string of the molecule is CCOc1ccc(C(=O)NNC(=O)c2cnn(-c3ccccc3)c2)cc1. The number of benzene rings is 2. The zero-order chi connectivity index (χ0) is 18.4. The van der Waals surface area contributed by atoms with Crippen LogP contribution in [0.15, 0.2) is 67.0 Å². The summed E-state index contributed by atoms with van der Waals surface area (Å²) in [5, 5.41) is 4.15. The van der Waals surface area contributed by atoms with Crippen LogP contribution in [0.2, 0.25) is 0 Å². The minimum absolute atomic E-state index is 0.334. The summed E-state index contributed by atoms with van der Waals surface area (Å²) in [6, 6.07) is 16.1. The van der Waals surface area contributed by atoms with Crippen molar-refractivity contribution in [2.24, 2.45) is 0 Å². The molecule has 1 heterocycles. The van der Waals surface area contributed by atoms with Gasteiger partial charge in [0.05, 0.1) is 24.1 Å². The van der Waals surface area contributed by atoms with Crippen LogP contribution < -0.4 is 15.6 Å². The molecule has 0 bridgehead atoms.